The van der Waals surface area contributed by atoms with E-state index >= 15 is 0 Å². The number of rotatable bonds is 5. The Hall–Kier alpha value is 2.35. The van der Waals surface area contributed by atoms with E-state index in [4.69, 9.17) is 0 Å². The standard InChI is InChI=1S/C10H10O10.5Na/c11-6(12)1-2(7(13)14)4(9(17)18)5(10(19)20)3(1)8(15)16;;;;;/h1-5H,(H,11,12)(H,13,14)(H,15,16)(H,17,18)(H,19,20);;;;;/q;5*+1/p-5. The third-order valence-corrected chi connectivity index (χ3v) is 3.30. The number of carbonyl (C=O) groups excluding carboxylic acids is 5. The molecule has 0 aromatic heterocycles. The van der Waals surface area contributed by atoms with Crippen LogP contribution in [-0.4, -0.2) is 29.8 Å². The Bertz CT molecular complexity index is 398. The molecule has 0 aliphatic heterocycles. The number of carboxylic acids is 5. The Morgan fingerprint density at radius 1 is 0.360 bits per heavy atom. The molecule has 0 saturated heterocycles. The second-order valence-corrected chi connectivity index (χ2v) is 4.22. The molecule has 0 spiro atoms. The van der Waals surface area contributed by atoms with Crippen molar-refractivity contribution in [3.8, 4) is 0 Å². The minimum Gasteiger partial charge on any atom is -0.550 e. The maximum absolute atomic E-state index is 10.8. The normalized spacial score (nSPS) is 26.0. The van der Waals surface area contributed by atoms with Gasteiger partial charge in [-0.2, -0.15) is 0 Å². The van der Waals surface area contributed by atoms with Gasteiger partial charge in [0.25, 0.3) is 0 Å². The van der Waals surface area contributed by atoms with Crippen LogP contribution < -0.4 is 173 Å². The van der Waals surface area contributed by atoms with E-state index < -0.39 is 59.4 Å². The molecular formula is C10H5Na5O10. The number of hydrogen-bond donors (Lipinski definition) is 0. The van der Waals surface area contributed by atoms with Crippen LogP contribution in [-0.2, 0) is 24.0 Å². The molecule has 0 atom stereocenters. The second kappa shape index (κ2) is 16.2. The first-order valence-corrected chi connectivity index (χ1v) is 5.15. The molecule has 1 aliphatic rings. The third-order valence-electron chi connectivity index (χ3n) is 3.30. The van der Waals surface area contributed by atoms with Gasteiger partial charge in [-0.3, -0.25) is 0 Å². The fourth-order valence-electron chi connectivity index (χ4n) is 2.58. The van der Waals surface area contributed by atoms with Gasteiger partial charge in [-0.1, -0.05) is 0 Å². The molecule has 110 valence electrons. The average Bonchev–Trinajstić information content (AvgIpc) is 2.64. The molecule has 0 N–H and O–H groups in total. The molecule has 10 nitrogen and oxygen atoms in total. The predicted molar refractivity (Wildman–Crippen MR) is 42.5 cm³/mol. The maximum atomic E-state index is 10.8. The molecule has 15 heteroatoms. The summed E-state index contributed by atoms with van der Waals surface area (Å²) in [5.74, 6) is -23.5. The molecule has 1 saturated carbocycles. The second-order valence-electron chi connectivity index (χ2n) is 4.22. The first-order valence-electron chi connectivity index (χ1n) is 5.15. The fraction of sp³-hybridized carbons (Fsp3) is 0.500. The van der Waals surface area contributed by atoms with Crippen LogP contribution in [0.3, 0.4) is 0 Å². The largest absolute Gasteiger partial charge is 1.00 e. The maximum Gasteiger partial charge on any atom is 1.00 e. The average molecular weight is 400 g/mol. The van der Waals surface area contributed by atoms with Crippen molar-refractivity contribution in [2.45, 2.75) is 0 Å². The molecule has 0 amide bonds. The van der Waals surface area contributed by atoms with Crippen molar-refractivity contribution in [2.24, 2.45) is 29.6 Å². The first-order chi connectivity index (χ1) is 9.11. The molecule has 0 aromatic rings. The molecular weight excluding hydrogens is 395 g/mol. The summed E-state index contributed by atoms with van der Waals surface area (Å²) in [6.45, 7) is 0. The molecule has 1 aliphatic carbocycles. The molecule has 0 radical (unpaired) electrons. The topological polar surface area (TPSA) is 201 Å². The molecule has 1 fully saturated rings. The monoisotopic (exact) mass is 400 g/mol. The van der Waals surface area contributed by atoms with E-state index in [9.17, 15) is 49.5 Å². The fourth-order valence-corrected chi connectivity index (χ4v) is 2.58. The minimum atomic E-state index is -2.45. The van der Waals surface area contributed by atoms with E-state index in [0.717, 1.165) is 0 Å². The van der Waals surface area contributed by atoms with Gasteiger partial charge >= 0.3 is 148 Å². The van der Waals surface area contributed by atoms with Crippen LogP contribution >= 0.6 is 0 Å². The van der Waals surface area contributed by atoms with Crippen molar-refractivity contribution in [3.05, 3.63) is 0 Å². The van der Waals surface area contributed by atoms with Gasteiger partial charge < -0.3 is 49.5 Å². The molecule has 0 heterocycles. The van der Waals surface area contributed by atoms with Crippen LogP contribution in [0.2, 0.25) is 0 Å². The van der Waals surface area contributed by atoms with Crippen molar-refractivity contribution >= 4 is 29.8 Å². The molecule has 25 heavy (non-hydrogen) atoms. The van der Waals surface area contributed by atoms with E-state index in [1.54, 1.807) is 0 Å². The Morgan fingerprint density at radius 2 is 0.440 bits per heavy atom. The van der Waals surface area contributed by atoms with Gasteiger partial charge in [-0.05, 0) is 0 Å². The minimum absolute atomic E-state index is 0. The molecule has 0 unspecified atom stereocenters. The summed E-state index contributed by atoms with van der Waals surface area (Å²) >= 11 is 0. The first kappa shape index (κ1) is 38.0. The van der Waals surface area contributed by atoms with Crippen LogP contribution in [0.15, 0.2) is 0 Å². The van der Waals surface area contributed by atoms with Crippen molar-refractivity contribution in [1.82, 2.24) is 0 Å². The quantitative estimate of drug-likeness (QED) is 0.399. The summed E-state index contributed by atoms with van der Waals surface area (Å²) in [6.07, 6.45) is 0. The summed E-state index contributed by atoms with van der Waals surface area (Å²) in [6, 6.07) is 0. The predicted octanol–water partition coefficient (Wildman–Crippen LogP) is -23.1. The summed E-state index contributed by atoms with van der Waals surface area (Å²) in [7, 11) is 0. The zero-order valence-electron chi connectivity index (χ0n) is 14.5. The number of carbonyl (C=O) groups is 5. The van der Waals surface area contributed by atoms with Crippen LogP contribution in [0, 0.1) is 29.6 Å². The molecule has 0 aromatic carbocycles. The molecule has 1 rings (SSSR count). The van der Waals surface area contributed by atoms with Crippen molar-refractivity contribution in [1.29, 1.82) is 0 Å². The Balaban J connectivity index is -0.000000267. The van der Waals surface area contributed by atoms with Crippen molar-refractivity contribution in [3.63, 3.8) is 0 Å². The van der Waals surface area contributed by atoms with Gasteiger partial charge in [0.1, 0.15) is 0 Å². The van der Waals surface area contributed by atoms with Crippen LogP contribution in [0.4, 0.5) is 0 Å². The van der Waals surface area contributed by atoms with Crippen LogP contribution in [0.5, 0.6) is 0 Å². The van der Waals surface area contributed by atoms with Gasteiger partial charge in [0.05, 0.1) is 0 Å². The summed E-state index contributed by atoms with van der Waals surface area (Å²) in [5.41, 5.74) is 0. The van der Waals surface area contributed by atoms with Crippen LogP contribution in [0.1, 0.15) is 0 Å². The van der Waals surface area contributed by atoms with E-state index in [1.165, 1.54) is 0 Å². The van der Waals surface area contributed by atoms with Crippen LogP contribution in [0.25, 0.3) is 0 Å². The number of carboxylic acid groups (broad SMARTS) is 5. The Labute approximate surface area is 252 Å². The summed E-state index contributed by atoms with van der Waals surface area (Å²) < 4.78 is 0. The summed E-state index contributed by atoms with van der Waals surface area (Å²) in [4.78, 5) is 54.2. The van der Waals surface area contributed by atoms with Gasteiger partial charge in [-0.25, -0.2) is 0 Å². The Kier molecular flexibility index (Phi) is 24.6. The Morgan fingerprint density at radius 3 is 0.480 bits per heavy atom. The van der Waals surface area contributed by atoms with E-state index in [2.05, 4.69) is 0 Å². The number of hydrogen-bond acceptors (Lipinski definition) is 10. The van der Waals surface area contributed by atoms with Crippen molar-refractivity contribution in [2.75, 3.05) is 0 Å². The smallest absolute Gasteiger partial charge is 0.550 e. The van der Waals surface area contributed by atoms with E-state index in [-0.39, 0.29) is 148 Å². The zero-order chi connectivity index (χ0) is 15.8. The van der Waals surface area contributed by atoms with Gasteiger partial charge in [0.2, 0.25) is 0 Å². The SMILES string of the molecule is O=C([O-])C1C(C(=O)[O-])C(C(=O)[O-])C(C(=O)[O-])C1C(=O)[O-].[Na+].[Na+].[Na+].[Na+].[Na+]. The van der Waals surface area contributed by atoms with Gasteiger partial charge in [0.15, 0.2) is 0 Å². The van der Waals surface area contributed by atoms with Gasteiger partial charge in [0, 0.05) is 59.4 Å². The zero-order valence-corrected chi connectivity index (χ0v) is 24.5. The van der Waals surface area contributed by atoms with E-state index in [0.29, 0.717) is 0 Å². The summed E-state index contributed by atoms with van der Waals surface area (Å²) in [5, 5.41) is 54.2. The molecule has 0 bridgehead atoms. The van der Waals surface area contributed by atoms with Crippen molar-refractivity contribution < 1.29 is 197 Å². The van der Waals surface area contributed by atoms with Gasteiger partial charge in [-0.15, -0.1) is 0 Å². The number of aliphatic carboxylic acids is 5. The van der Waals surface area contributed by atoms with E-state index in [1.807, 2.05) is 0 Å². The third kappa shape index (κ3) is 8.71.